The molecule has 132 valence electrons. The number of alkyl halides is 2. The van der Waals surface area contributed by atoms with E-state index in [0.717, 1.165) is 16.7 Å². The smallest absolute Gasteiger partial charge is 0.387 e. The summed E-state index contributed by atoms with van der Waals surface area (Å²) >= 11 is 0. The van der Waals surface area contributed by atoms with E-state index in [1.54, 1.807) is 30.2 Å². The van der Waals surface area contributed by atoms with Crippen molar-refractivity contribution in [2.75, 3.05) is 7.05 Å². The molecule has 0 bridgehead atoms. The number of halogens is 2. The van der Waals surface area contributed by atoms with E-state index in [1.807, 2.05) is 26.0 Å². The second kappa shape index (κ2) is 8.42. The summed E-state index contributed by atoms with van der Waals surface area (Å²) in [4.78, 5) is 13.8. The van der Waals surface area contributed by atoms with Crippen LogP contribution in [0.3, 0.4) is 0 Å². The molecule has 0 aliphatic heterocycles. The molecule has 2 aromatic carbocycles. The lowest BCUT2D eigenvalue weighted by Gasteiger charge is -2.15. The van der Waals surface area contributed by atoms with Crippen molar-refractivity contribution in [3.8, 4) is 5.75 Å². The van der Waals surface area contributed by atoms with Crippen LogP contribution in [0, 0.1) is 13.8 Å². The molecule has 5 heteroatoms. The molecular formula is C20H21F2NO2. The van der Waals surface area contributed by atoms with Gasteiger partial charge in [0.05, 0.1) is 0 Å². The molecule has 0 unspecified atom stereocenters. The van der Waals surface area contributed by atoms with Gasteiger partial charge in [0.1, 0.15) is 5.75 Å². The van der Waals surface area contributed by atoms with Gasteiger partial charge in [-0.1, -0.05) is 35.9 Å². The molecule has 25 heavy (non-hydrogen) atoms. The number of likely N-dealkylation sites (N-methyl/N-ethyl adjacent to an activating group) is 1. The summed E-state index contributed by atoms with van der Waals surface area (Å²) in [7, 11) is 1.69. The maximum Gasteiger partial charge on any atom is 0.387 e. The summed E-state index contributed by atoms with van der Waals surface area (Å²) in [6, 6.07) is 12.3. The van der Waals surface area contributed by atoms with Gasteiger partial charge in [0.15, 0.2) is 0 Å². The van der Waals surface area contributed by atoms with Gasteiger partial charge in [-0.15, -0.1) is 0 Å². The molecule has 0 aromatic heterocycles. The van der Waals surface area contributed by atoms with E-state index in [9.17, 15) is 13.6 Å². The van der Waals surface area contributed by atoms with Crippen molar-refractivity contribution in [3.05, 3.63) is 70.8 Å². The van der Waals surface area contributed by atoms with Gasteiger partial charge < -0.3 is 9.64 Å². The third-order valence-corrected chi connectivity index (χ3v) is 3.78. The quantitative estimate of drug-likeness (QED) is 0.718. The van der Waals surface area contributed by atoms with Gasteiger partial charge in [0.25, 0.3) is 0 Å². The van der Waals surface area contributed by atoms with E-state index in [4.69, 9.17) is 0 Å². The van der Waals surface area contributed by atoms with Crippen LogP contribution >= 0.6 is 0 Å². The number of hydrogen-bond donors (Lipinski definition) is 0. The molecule has 0 fully saturated rings. The number of aryl methyl sites for hydroxylation is 2. The Hall–Kier alpha value is -2.69. The minimum absolute atomic E-state index is 0.0995. The van der Waals surface area contributed by atoms with Crippen molar-refractivity contribution in [2.45, 2.75) is 27.0 Å². The molecule has 0 saturated carbocycles. The maximum atomic E-state index is 12.2. The van der Waals surface area contributed by atoms with E-state index in [2.05, 4.69) is 10.8 Å². The second-order valence-corrected chi connectivity index (χ2v) is 5.91. The van der Waals surface area contributed by atoms with Gasteiger partial charge in [-0.25, -0.2) is 0 Å². The van der Waals surface area contributed by atoms with E-state index >= 15 is 0 Å². The number of rotatable bonds is 6. The minimum atomic E-state index is -2.84. The Kier molecular flexibility index (Phi) is 6.28. The zero-order chi connectivity index (χ0) is 18.4. The fourth-order valence-electron chi connectivity index (χ4n) is 2.43. The molecule has 0 spiro atoms. The van der Waals surface area contributed by atoms with E-state index in [0.29, 0.717) is 6.54 Å². The number of carbonyl (C=O) groups excluding carboxylic acids is 1. The Balaban J connectivity index is 1.96. The molecule has 0 saturated heterocycles. The maximum absolute atomic E-state index is 12.2. The SMILES string of the molecule is Cc1ccc(/C=C/C(=O)N(C)Cc2ccc(OC(F)F)cc2)c(C)c1. The largest absolute Gasteiger partial charge is 0.435 e. The first-order valence-corrected chi connectivity index (χ1v) is 7.89. The Bertz CT molecular complexity index is 755. The van der Waals surface area contributed by atoms with Crippen LogP contribution in [0.1, 0.15) is 22.3 Å². The van der Waals surface area contributed by atoms with Gasteiger partial charge in [0, 0.05) is 19.7 Å². The highest BCUT2D eigenvalue weighted by molar-refractivity contribution is 5.91. The summed E-state index contributed by atoms with van der Waals surface area (Å²) in [5, 5.41) is 0. The number of amides is 1. The van der Waals surface area contributed by atoms with E-state index in [1.165, 1.54) is 23.8 Å². The highest BCUT2D eigenvalue weighted by Gasteiger charge is 2.08. The zero-order valence-corrected chi connectivity index (χ0v) is 14.5. The Morgan fingerprint density at radius 3 is 2.44 bits per heavy atom. The van der Waals surface area contributed by atoms with Crippen LogP contribution in [-0.2, 0) is 11.3 Å². The van der Waals surface area contributed by atoms with Gasteiger partial charge in [-0.3, -0.25) is 4.79 Å². The zero-order valence-electron chi connectivity index (χ0n) is 14.5. The lowest BCUT2D eigenvalue weighted by molar-refractivity contribution is -0.125. The highest BCUT2D eigenvalue weighted by Crippen LogP contribution is 2.16. The lowest BCUT2D eigenvalue weighted by Crippen LogP contribution is -2.24. The predicted octanol–water partition coefficient (Wildman–Crippen LogP) is 4.58. The normalized spacial score (nSPS) is 11.1. The molecule has 1 amide bonds. The van der Waals surface area contributed by atoms with Crippen LogP contribution in [0.4, 0.5) is 8.78 Å². The molecule has 0 atom stereocenters. The number of nitrogens with zero attached hydrogens (tertiary/aromatic N) is 1. The molecular weight excluding hydrogens is 324 g/mol. The van der Waals surface area contributed by atoms with Crippen molar-refractivity contribution in [2.24, 2.45) is 0 Å². The number of hydrogen-bond acceptors (Lipinski definition) is 2. The average molecular weight is 345 g/mol. The Morgan fingerprint density at radius 2 is 1.84 bits per heavy atom. The number of carbonyl (C=O) groups is 1. The van der Waals surface area contributed by atoms with Crippen LogP contribution in [0.25, 0.3) is 6.08 Å². The first-order chi connectivity index (χ1) is 11.8. The summed E-state index contributed by atoms with van der Waals surface area (Å²) in [5.41, 5.74) is 4.12. The van der Waals surface area contributed by atoms with Crippen molar-refractivity contribution in [1.82, 2.24) is 4.90 Å². The number of ether oxygens (including phenoxy) is 1. The van der Waals surface area contributed by atoms with Crippen LogP contribution < -0.4 is 4.74 Å². The van der Waals surface area contributed by atoms with Crippen LogP contribution in [-0.4, -0.2) is 24.5 Å². The first kappa shape index (κ1) is 18.6. The minimum Gasteiger partial charge on any atom is -0.435 e. The van der Waals surface area contributed by atoms with Crippen molar-refractivity contribution >= 4 is 12.0 Å². The highest BCUT2D eigenvalue weighted by atomic mass is 19.3. The molecule has 0 heterocycles. The lowest BCUT2D eigenvalue weighted by atomic mass is 10.1. The average Bonchev–Trinajstić information content (AvgIpc) is 2.55. The van der Waals surface area contributed by atoms with Crippen LogP contribution in [0.2, 0.25) is 0 Å². The van der Waals surface area contributed by atoms with E-state index < -0.39 is 6.61 Å². The van der Waals surface area contributed by atoms with Gasteiger partial charge in [-0.2, -0.15) is 8.78 Å². The first-order valence-electron chi connectivity index (χ1n) is 7.89. The Labute approximate surface area is 146 Å². The van der Waals surface area contributed by atoms with Crippen molar-refractivity contribution in [1.29, 1.82) is 0 Å². The summed E-state index contributed by atoms with van der Waals surface area (Å²) < 4.78 is 28.6. The third kappa shape index (κ3) is 5.71. The second-order valence-electron chi connectivity index (χ2n) is 5.91. The van der Waals surface area contributed by atoms with Crippen LogP contribution in [0.15, 0.2) is 48.5 Å². The molecule has 2 aromatic rings. The van der Waals surface area contributed by atoms with Gasteiger partial charge >= 0.3 is 6.61 Å². The van der Waals surface area contributed by atoms with Crippen LogP contribution in [0.5, 0.6) is 5.75 Å². The molecule has 0 N–H and O–H groups in total. The third-order valence-electron chi connectivity index (χ3n) is 3.78. The fourth-order valence-corrected chi connectivity index (χ4v) is 2.43. The van der Waals surface area contributed by atoms with Crippen molar-refractivity contribution < 1.29 is 18.3 Å². The summed E-state index contributed by atoms with van der Waals surface area (Å²) in [6.45, 7) is 1.57. The monoisotopic (exact) mass is 345 g/mol. The molecule has 2 rings (SSSR count). The Morgan fingerprint density at radius 1 is 1.16 bits per heavy atom. The van der Waals surface area contributed by atoms with Gasteiger partial charge in [0.2, 0.25) is 5.91 Å². The van der Waals surface area contributed by atoms with Gasteiger partial charge in [-0.05, 0) is 48.7 Å². The standard InChI is InChI=1S/C20H21F2NO2/c1-14-4-7-17(15(2)12-14)8-11-19(24)23(3)13-16-5-9-18(10-6-16)25-20(21)22/h4-12,20H,13H2,1-3H3/b11-8+. The molecule has 0 aliphatic rings. The summed E-state index contributed by atoms with van der Waals surface area (Å²) in [5.74, 6) is -0.0321. The number of benzene rings is 2. The molecule has 0 radical (unpaired) electrons. The fraction of sp³-hybridized carbons (Fsp3) is 0.250. The topological polar surface area (TPSA) is 29.5 Å². The van der Waals surface area contributed by atoms with E-state index in [-0.39, 0.29) is 11.7 Å². The molecule has 0 aliphatic carbocycles. The van der Waals surface area contributed by atoms with Crippen molar-refractivity contribution in [3.63, 3.8) is 0 Å². The summed E-state index contributed by atoms with van der Waals surface area (Å²) in [6.07, 6.45) is 3.33. The predicted molar refractivity (Wildman–Crippen MR) is 94.5 cm³/mol. The molecule has 3 nitrogen and oxygen atoms in total.